The molecule has 0 spiro atoms. The molecule has 0 aromatic carbocycles. The molecule has 1 heterocycles. The van der Waals surface area contributed by atoms with Gasteiger partial charge in [-0.25, -0.2) is 0 Å². The van der Waals surface area contributed by atoms with Crippen molar-refractivity contribution in [2.45, 2.75) is 57.0 Å². The summed E-state index contributed by atoms with van der Waals surface area (Å²) in [6.07, 6.45) is 5.33. The fraction of sp³-hybridized carbons (Fsp3) is 0.857. The summed E-state index contributed by atoms with van der Waals surface area (Å²) in [7, 11) is 0. The number of allylic oxidation sites excluding steroid dienone is 1. The topological polar surface area (TPSA) is 79.2 Å². The fourth-order valence-corrected chi connectivity index (χ4v) is 2.08. The zero-order chi connectivity index (χ0) is 14.1. The second-order valence-corrected chi connectivity index (χ2v) is 4.88. The van der Waals surface area contributed by atoms with Crippen LogP contribution < -0.4 is 0 Å². The van der Waals surface area contributed by atoms with E-state index in [4.69, 9.17) is 14.6 Å². The first-order valence-corrected chi connectivity index (χ1v) is 7.05. The summed E-state index contributed by atoms with van der Waals surface area (Å²) < 4.78 is 10.7. The van der Waals surface area contributed by atoms with Gasteiger partial charge in [0.25, 0.3) is 0 Å². The van der Waals surface area contributed by atoms with Crippen molar-refractivity contribution >= 4 is 0 Å². The van der Waals surface area contributed by atoms with Crippen molar-refractivity contribution in [2.75, 3.05) is 19.8 Å². The van der Waals surface area contributed by atoms with Crippen molar-refractivity contribution < 1.29 is 24.8 Å². The predicted octanol–water partition coefficient (Wildman–Crippen LogP) is 0.621. The molecule has 0 aliphatic carbocycles. The molecule has 1 fully saturated rings. The van der Waals surface area contributed by atoms with Gasteiger partial charge in [-0.2, -0.15) is 0 Å². The Labute approximate surface area is 114 Å². The zero-order valence-electron chi connectivity index (χ0n) is 11.6. The van der Waals surface area contributed by atoms with Crippen LogP contribution in [0.25, 0.3) is 0 Å². The molecule has 19 heavy (non-hydrogen) atoms. The largest absolute Gasteiger partial charge is 0.394 e. The van der Waals surface area contributed by atoms with Gasteiger partial charge in [-0.1, -0.05) is 31.9 Å². The van der Waals surface area contributed by atoms with Crippen LogP contribution in [0.4, 0.5) is 0 Å². The number of hydrogen-bond acceptors (Lipinski definition) is 5. The van der Waals surface area contributed by atoms with Crippen LogP contribution in [0.3, 0.4) is 0 Å². The number of aliphatic hydroxyl groups excluding tert-OH is 3. The third-order valence-electron chi connectivity index (χ3n) is 3.28. The maximum absolute atomic E-state index is 9.82. The maximum Gasteiger partial charge on any atom is 0.115 e. The molecule has 1 aliphatic heterocycles. The van der Waals surface area contributed by atoms with Crippen molar-refractivity contribution in [1.29, 1.82) is 0 Å². The molecule has 1 saturated heterocycles. The monoisotopic (exact) mass is 274 g/mol. The van der Waals surface area contributed by atoms with Gasteiger partial charge >= 0.3 is 0 Å². The molecule has 0 radical (unpaired) electrons. The van der Waals surface area contributed by atoms with Crippen LogP contribution in [-0.4, -0.2) is 59.6 Å². The van der Waals surface area contributed by atoms with Gasteiger partial charge in [0.2, 0.25) is 0 Å². The smallest absolute Gasteiger partial charge is 0.115 e. The van der Waals surface area contributed by atoms with E-state index in [1.807, 2.05) is 6.08 Å². The van der Waals surface area contributed by atoms with Crippen LogP contribution in [0, 0.1) is 0 Å². The molecular weight excluding hydrogens is 248 g/mol. The van der Waals surface area contributed by atoms with Crippen LogP contribution in [0.15, 0.2) is 12.2 Å². The second-order valence-electron chi connectivity index (χ2n) is 4.88. The Bertz CT molecular complexity index is 254. The fourth-order valence-electron chi connectivity index (χ4n) is 2.08. The quantitative estimate of drug-likeness (QED) is 0.447. The molecule has 0 unspecified atom stereocenters. The average Bonchev–Trinajstić information content (AvgIpc) is 2.42. The highest BCUT2D eigenvalue weighted by Crippen LogP contribution is 2.18. The van der Waals surface area contributed by atoms with E-state index in [1.165, 1.54) is 19.3 Å². The van der Waals surface area contributed by atoms with E-state index < -0.39 is 24.4 Å². The average molecular weight is 274 g/mol. The van der Waals surface area contributed by atoms with Gasteiger partial charge in [0, 0.05) is 0 Å². The minimum Gasteiger partial charge on any atom is -0.394 e. The van der Waals surface area contributed by atoms with E-state index >= 15 is 0 Å². The highest BCUT2D eigenvalue weighted by atomic mass is 16.6. The Morgan fingerprint density at radius 3 is 2.74 bits per heavy atom. The number of unbranched alkanes of at least 4 members (excludes halogenated alkanes) is 3. The lowest BCUT2D eigenvalue weighted by molar-refractivity contribution is -0.208. The lowest BCUT2D eigenvalue weighted by atomic mass is 10.0. The minimum atomic E-state index is -1.01. The summed E-state index contributed by atoms with van der Waals surface area (Å²) in [6, 6.07) is 0. The highest BCUT2D eigenvalue weighted by Gasteiger charge is 2.38. The van der Waals surface area contributed by atoms with Gasteiger partial charge in [-0.05, 0) is 12.8 Å². The highest BCUT2D eigenvalue weighted by molar-refractivity contribution is 4.89. The molecule has 1 aliphatic rings. The molecule has 0 amide bonds. The SMILES string of the molecule is CCCCC/C=C/CO[C@@H]1[C@@H](O)[C@H](O)CO[C@H]1CO. The second kappa shape index (κ2) is 9.44. The first-order chi connectivity index (χ1) is 9.20. The van der Waals surface area contributed by atoms with E-state index in [0.29, 0.717) is 6.61 Å². The van der Waals surface area contributed by atoms with Gasteiger partial charge < -0.3 is 24.8 Å². The lowest BCUT2D eigenvalue weighted by Gasteiger charge is -2.37. The standard InChI is InChI=1S/C14H26O5/c1-2-3-4-5-6-7-8-18-14-12(9-15)19-10-11(16)13(14)17/h6-7,11-17H,2-5,8-10H2,1H3/b7-6+/t11-,12+,13+,14+/m1/s1. The molecule has 5 nitrogen and oxygen atoms in total. The predicted molar refractivity (Wildman–Crippen MR) is 71.9 cm³/mol. The Kier molecular flexibility index (Phi) is 8.25. The van der Waals surface area contributed by atoms with Crippen molar-refractivity contribution in [2.24, 2.45) is 0 Å². The Hall–Kier alpha value is -0.460. The molecular formula is C14H26O5. The molecule has 3 N–H and O–H groups in total. The molecule has 0 saturated carbocycles. The minimum absolute atomic E-state index is 0.0269. The van der Waals surface area contributed by atoms with Crippen LogP contribution in [0.2, 0.25) is 0 Å². The molecule has 0 aromatic heterocycles. The van der Waals surface area contributed by atoms with E-state index in [9.17, 15) is 10.2 Å². The molecule has 0 aromatic rings. The summed E-state index contributed by atoms with van der Waals surface area (Å²) in [5, 5.41) is 28.5. The van der Waals surface area contributed by atoms with Crippen molar-refractivity contribution in [1.82, 2.24) is 0 Å². The first-order valence-electron chi connectivity index (χ1n) is 7.05. The third-order valence-corrected chi connectivity index (χ3v) is 3.28. The number of aliphatic hydroxyl groups is 3. The molecule has 0 bridgehead atoms. The van der Waals surface area contributed by atoms with Crippen LogP contribution in [0.1, 0.15) is 32.6 Å². The maximum atomic E-state index is 9.82. The van der Waals surface area contributed by atoms with Gasteiger partial charge in [0.05, 0.1) is 19.8 Å². The normalized spacial score (nSPS) is 32.0. The van der Waals surface area contributed by atoms with Crippen molar-refractivity contribution in [3.05, 3.63) is 12.2 Å². The summed E-state index contributed by atoms with van der Waals surface area (Å²) in [6.45, 7) is 2.31. The van der Waals surface area contributed by atoms with E-state index in [-0.39, 0.29) is 13.2 Å². The summed E-state index contributed by atoms with van der Waals surface area (Å²) in [5.41, 5.74) is 0. The summed E-state index contributed by atoms with van der Waals surface area (Å²) in [5.74, 6) is 0. The van der Waals surface area contributed by atoms with Crippen molar-refractivity contribution in [3.8, 4) is 0 Å². The van der Waals surface area contributed by atoms with E-state index in [1.54, 1.807) is 0 Å². The summed E-state index contributed by atoms with van der Waals surface area (Å²) >= 11 is 0. The molecule has 112 valence electrons. The number of hydrogen-bond donors (Lipinski definition) is 3. The van der Waals surface area contributed by atoms with E-state index in [2.05, 4.69) is 13.0 Å². The van der Waals surface area contributed by atoms with Gasteiger partial charge in [0.15, 0.2) is 0 Å². The van der Waals surface area contributed by atoms with Crippen LogP contribution >= 0.6 is 0 Å². The number of rotatable bonds is 8. The Balaban J connectivity index is 2.28. The summed E-state index contributed by atoms with van der Waals surface area (Å²) in [4.78, 5) is 0. The van der Waals surface area contributed by atoms with Gasteiger partial charge in [-0.3, -0.25) is 0 Å². The Morgan fingerprint density at radius 2 is 2.05 bits per heavy atom. The molecule has 4 atom stereocenters. The first kappa shape index (κ1) is 16.6. The number of ether oxygens (including phenoxy) is 2. The Morgan fingerprint density at radius 1 is 1.26 bits per heavy atom. The third kappa shape index (κ3) is 5.58. The molecule has 1 rings (SSSR count). The van der Waals surface area contributed by atoms with Gasteiger partial charge in [0.1, 0.15) is 24.4 Å². The lowest BCUT2D eigenvalue weighted by Crippen LogP contribution is -2.55. The van der Waals surface area contributed by atoms with E-state index in [0.717, 1.165) is 6.42 Å². The molecule has 5 heteroatoms. The van der Waals surface area contributed by atoms with Crippen LogP contribution in [0.5, 0.6) is 0 Å². The van der Waals surface area contributed by atoms with Gasteiger partial charge in [-0.15, -0.1) is 0 Å². The zero-order valence-corrected chi connectivity index (χ0v) is 11.6. The van der Waals surface area contributed by atoms with Crippen LogP contribution in [-0.2, 0) is 9.47 Å². The van der Waals surface area contributed by atoms with Crippen molar-refractivity contribution in [3.63, 3.8) is 0 Å².